The molecule has 5 nitrogen and oxygen atoms in total. The minimum atomic E-state index is -0.257. The highest BCUT2D eigenvalue weighted by Crippen LogP contribution is 2.22. The first kappa shape index (κ1) is 12.6. The Labute approximate surface area is 117 Å². The molecular formula is C15H16N4O. The van der Waals surface area contributed by atoms with Crippen LogP contribution in [-0.2, 0) is 12.8 Å². The van der Waals surface area contributed by atoms with Crippen LogP contribution in [0.15, 0.2) is 29.4 Å². The molecule has 1 heterocycles. The molecule has 1 aliphatic rings. The van der Waals surface area contributed by atoms with E-state index in [1.54, 1.807) is 6.21 Å². The number of benzene rings is 1. The fraction of sp³-hybridized carbons (Fsp3) is 0.267. The van der Waals surface area contributed by atoms with Crippen molar-refractivity contribution in [3.63, 3.8) is 0 Å². The summed E-state index contributed by atoms with van der Waals surface area (Å²) in [6.07, 6.45) is 4.60. The predicted molar refractivity (Wildman–Crippen MR) is 76.9 cm³/mol. The van der Waals surface area contributed by atoms with Gasteiger partial charge in [-0.1, -0.05) is 29.8 Å². The molecule has 0 fully saturated rings. The molecule has 1 aliphatic carbocycles. The Morgan fingerprint density at radius 2 is 2.15 bits per heavy atom. The Morgan fingerprint density at radius 3 is 2.95 bits per heavy atom. The summed E-state index contributed by atoms with van der Waals surface area (Å²) in [4.78, 5) is 12.0. The molecular weight excluding hydrogens is 252 g/mol. The molecule has 20 heavy (non-hydrogen) atoms. The summed E-state index contributed by atoms with van der Waals surface area (Å²) in [5.74, 6) is -0.257. The third kappa shape index (κ3) is 2.47. The van der Waals surface area contributed by atoms with E-state index in [0.29, 0.717) is 5.69 Å². The van der Waals surface area contributed by atoms with Gasteiger partial charge in [0.1, 0.15) is 0 Å². The number of nitrogens with one attached hydrogen (secondary N) is 2. The number of hydrazone groups is 1. The first-order valence-electron chi connectivity index (χ1n) is 6.70. The SMILES string of the molecule is Cc1ccc(C=NNC(=O)c2n[nH]c3c2CCC3)cc1. The molecule has 2 aromatic rings. The maximum atomic E-state index is 12.0. The van der Waals surface area contributed by atoms with Crippen molar-refractivity contribution < 1.29 is 4.79 Å². The van der Waals surface area contributed by atoms with Crippen LogP contribution in [0.5, 0.6) is 0 Å². The van der Waals surface area contributed by atoms with E-state index < -0.39 is 0 Å². The Bertz CT molecular complexity index is 655. The van der Waals surface area contributed by atoms with Gasteiger partial charge in [0.05, 0.1) is 6.21 Å². The van der Waals surface area contributed by atoms with Crippen LogP contribution in [0.2, 0.25) is 0 Å². The normalized spacial score (nSPS) is 13.7. The number of hydrogen-bond acceptors (Lipinski definition) is 3. The number of hydrogen-bond donors (Lipinski definition) is 2. The van der Waals surface area contributed by atoms with Crippen LogP contribution in [0, 0.1) is 6.92 Å². The van der Waals surface area contributed by atoms with Crippen molar-refractivity contribution in [1.29, 1.82) is 0 Å². The second-order valence-electron chi connectivity index (χ2n) is 4.99. The summed E-state index contributed by atoms with van der Waals surface area (Å²) in [5.41, 5.74) is 7.25. The van der Waals surface area contributed by atoms with Crippen molar-refractivity contribution >= 4 is 12.1 Å². The molecule has 1 aromatic carbocycles. The second kappa shape index (κ2) is 5.28. The quantitative estimate of drug-likeness (QED) is 0.660. The lowest BCUT2D eigenvalue weighted by Gasteiger charge is -1.98. The fourth-order valence-corrected chi connectivity index (χ4v) is 2.38. The number of carbonyl (C=O) groups is 1. The largest absolute Gasteiger partial charge is 0.292 e. The van der Waals surface area contributed by atoms with Crippen LogP contribution >= 0.6 is 0 Å². The molecule has 0 saturated carbocycles. The van der Waals surface area contributed by atoms with Gasteiger partial charge in [0.2, 0.25) is 0 Å². The molecule has 102 valence electrons. The maximum absolute atomic E-state index is 12.0. The van der Waals surface area contributed by atoms with Crippen molar-refractivity contribution in [1.82, 2.24) is 15.6 Å². The van der Waals surface area contributed by atoms with E-state index in [-0.39, 0.29) is 5.91 Å². The third-order valence-corrected chi connectivity index (χ3v) is 3.48. The first-order chi connectivity index (χ1) is 9.74. The molecule has 0 saturated heterocycles. The second-order valence-corrected chi connectivity index (χ2v) is 4.99. The first-order valence-corrected chi connectivity index (χ1v) is 6.70. The van der Waals surface area contributed by atoms with Gasteiger partial charge in [-0.2, -0.15) is 10.2 Å². The highest BCUT2D eigenvalue weighted by atomic mass is 16.2. The lowest BCUT2D eigenvalue weighted by atomic mass is 10.2. The van der Waals surface area contributed by atoms with Crippen LogP contribution in [0.25, 0.3) is 0 Å². The van der Waals surface area contributed by atoms with Gasteiger partial charge in [-0.15, -0.1) is 0 Å². The monoisotopic (exact) mass is 268 g/mol. The molecule has 0 spiro atoms. The van der Waals surface area contributed by atoms with Crippen molar-refractivity contribution in [2.45, 2.75) is 26.2 Å². The van der Waals surface area contributed by atoms with E-state index in [2.05, 4.69) is 20.7 Å². The number of amides is 1. The van der Waals surface area contributed by atoms with E-state index in [1.807, 2.05) is 31.2 Å². The summed E-state index contributed by atoms with van der Waals surface area (Å²) in [7, 11) is 0. The van der Waals surface area contributed by atoms with Gasteiger partial charge < -0.3 is 0 Å². The van der Waals surface area contributed by atoms with Gasteiger partial charge in [-0.05, 0) is 31.7 Å². The molecule has 0 unspecified atom stereocenters. The molecule has 1 amide bonds. The van der Waals surface area contributed by atoms with Crippen LogP contribution in [0.4, 0.5) is 0 Å². The van der Waals surface area contributed by atoms with Crippen LogP contribution in [0.3, 0.4) is 0 Å². The van der Waals surface area contributed by atoms with Crippen molar-refractivity contribution in [3.05, 3.63) is 52.3 Å². The van der Waals surface area contributed by atoms with E-state index >= 15 is 0 Å². The Hall–Kier alpha value is -2.43. The smallest absolute Gasteiger partial charge is 0.281 e. The maximum Gasteiger partial charge on any atom is 0.292 e. The summed E-state index contributed by atoms with van der Waals surface area (Å²) in [5, 5.41) is 11.0. The Balaban J connectivity index is 1.66. The van der Waals surface area contributed by atoms with Gasteiger partial charge in [0, 0.05) is 11.3 Å². The van der Waals surface area contributed by atoms with Gasteiger partial charge in [0.15, 0.2) is 5.69 Å². The van der Waals surface area contributed by atoms with Crippen LogP contribution < -0.4 is 5.43 Å². The Kier molecular flexibility index (Phi) is 3.33. The lowest BCUT2D eigenvalue weighted by Crippen LogP contribution is -2.19. The molecule has 0 atom stereocenters. The summed E-state index contributed by atoms with van der Waals surface area (Å²) < 4.78 is 0. The average molecular weight is 268 g/mol. The number of nitrogens with zero attached hydrogens (tertiary/aromatic N) is 2. The summed E-state index contributed by atoms with van der Waals surface area (Å²) in [6.45, 7) is 2.03. The van der Waals surface area contributed by atoms with Crippen molar-refractivity contribution in [2.24, 2.45) is 5.10 Å². The highest BCUT2D eigenvalue weighted by Gasteiger charge is 2.22. The zero-order valence-corrected chi connectivity index (χ0v) is 11.3. The zero-order valence-electron chi connectivity index (χ0n) is 11.3. The molecule has 5 heteroatoms. The van der Waals surface area contributed by atoms with Crippen LogP contribution in [0.1, 0.15) is 39.3 Å². The third-order valence-electron chi connectivity index (χ3n) is 3.48. The standard InChI is InChI=1S/C15H16N4O/c1-10-5-7-11(8-6-10)9-16-19-15(20)14-12-3-2-4-13(12)17-18-14/h5-9H,2-4H2,1H3,(H,17,18)(H,19,20). The highest BCUT2D eigenvalue weighted by molar-refractivity contribution is 5.94. The van der Waals surface area contributed by atoms with Crippen molar-refractivity contribution in [2.75, 3.05) is 0 Å². The van der Waals surface area contributed by atoms with E-state index in [4.69, 9.17) is 0 Å². The number of aryl methyl sites for hydroxylation is 2. The molecule has 0 bridgehead atoms. The zero-order chi connectivity index (χ0) is 13.9. The van der Waals surface area contributed by atoms with E-state index in [1.165, 1.54) is 5.56 Å². The molecule has 0 aliphatic heterocycles. The van der Waals surface area contributed by atoms with Gasteiger partial charge in [-0.3, -0.25) is 9.89 Å². The number of fused-ring (bicyclic) bond motifs is 1. The summed E-state index contributed by atoms with van der Waals surface area (Å²) >= 11 is 0. The van der Waals surface area contributed by atoms with E-state index in [9.17, 15) is 4.79 Å². The van der Waals surface area contributed by atoms with E-state index in [0.717, 1.165) is 36.1 Å². The van der Waals surface area contributed by atoms with Gasteiger partial charge in [-0.25, -0.2) is 5.43 Å². The number of H-pyrrole nitrogens is 1. The molecule has 3 rings (SSSR count). The molecule has 0 radical (unpaired) electrons. The fourth-order valence-electron chi connectivity index (χ4n) is 2.38. The topological polar surface area (TPSA) is 70.1 Å². The predicted octanol–water partition coefficient (Wildman–Crippen LogP) is 1.97. The number of rotatable bonds is 3. The minimum Gasteiger partial charge on any atom is -0.281 e. The van der Waals surface area contributed by atoms with Gasteiger partial charge in [0.25, 0.3) is 5.91 Å². The molecule has 2 N–H and O–H groups in total. The van der Waals surface area contributed by atoms with Crippen molar-refractivity contribution in [3.8, 4) is 0 Å². The summed E-state index contributed by atoms with van der Waals surface area (Å²) in [6, 6.07) is 7.92. The average Bonchev–Trinajstić information content (AvgIpc) is 3.03. The van der Waals surface area contributed by atoms with Gasteiger partial charge >= 0.3 is 0 Å². The number of aromatic amines is 1. The molecule has 1 aromatic heterocycles. The number of carbonyl (C=O) groups excluding carboxylic acids is 1. The lowest BCUT2D eigenvalue weighted by molar-refractivity contribution is 0.0949. The minimum absolute atomic E-state index is 0.257. The number of aromatic nitrogens is 2. The Morgan fingerprint density at radius 1 is 1.35 bits per heavy atom. The van der Waals surface area contributed by atoms with Crippen LogP contribution in [-0.4, -0.2) is 22.3 Å².